The standard InChI is InChI=1S/C20H24N4O3/c25-20(16-3-5-17(6-4-16)23-10-12-26-13-11-23)24-9-1-2-18(15-24)27-19-14-21-7-8-22-19/h3-8,14,18H,1-2,9-13,15H2. The number of carbonyl (C=O) groups is 1. The minimum Gasteiger partial charge on any atom is -0.471 e. The van der Waals surface area contributed by atoms with E-state index in [-0.39, 0.29) is 12.0 Å². The molecule has 0 N–H and O–H groups in total. The molecule has 2 saturated heterocycles. The second-order valence-electron chi connectivity index (χ2n) is 6.82. The van der Waals surface area contributed by atoms with Crippen molar-refractivity contribution in [2.24, 2.45) is 0 Å². The molecule has 1 atom stereocenters. The summed E-state index contributed by atoms with van der Waals surface area (Å²) in [6.45, 7) is 4.61. The minimum atomic E-state index is -0.0491. The number of ether oxygens (including phenoxy) is 2. The van der Waals surface area contributed by atoms with E-state index in [1.54, 1.807) is 18.6 Å². The number of carbonyl (C=O) groups excluding carboxylic acids is 1. The van der Waals surface area contributed by atoms with Crippen molar-refractivity contribution >= 4 is 11.6 Å². The third-order valence-corrected chi connectivity index (χ3v) is 4.98. The van der Waals surface area contributed by atoms with Gasteiger partial charge >= 0.3 is 0 Å². The van der Waals surface area contributed by atoms with Crippen LogP contribution in [-0.2, 0) is 4.74 Å². The van der Waals surface area contributed by atoms with Crippen LogP contribution in [0.25, 0.3) is 0 Å². The highest BCUT2D eigenvalue weighted by molar-refractivity contribution is 5.94. The summed E-state index contributed by atoms with van der Waals surface area (Å²) >= 11 is 0. The number of likely N-dealkylation sites (tertiary alicyclic amines) is 1. The Morgan fingerprint density at radius 3 is 2.67 bits per heavy atom. The average Bonchev–Trinajstić information content (AvgIpc) is 2.75. The largest absolute Gasteiger partial charge is 0.471 e. The van der Waals surface area contributed by atoms with E-state index in [4.69, 9.17) is 9.47 Å². The number of piperidine rings is 1. The van der Waals surface area contributed by atoms with Gasteiger partial charge in [0.1, 0.15) is 6.10 Å². The van der Waals surface area contributed by atoms with Crippen LogP contribution in [0.5, 0.6) is 5.88 Å². The molecule has 0 aliphatic carbocycles. The number of benzene rings is 1. The van der Waals surface area contributed by atoms with Gasteiger partial charge in [0.05, 0.1) is 26.0 Å². The summed E-state index contributed by atoms with van der Waals surface area (Å²) in [5.74, 6) is 0.558. The first kappa shape index (κ1) is 17.7. The summed E-state index contributed by atoms with van der Waals surface area (Å²) in [5.41, 5.74) is 1.85. The number of morpholine rings is 1. The number of aromatic nitrogens is 2. The predicted octanol–water partition coefficient (Wildman–Crippen LogP) is 2.00. The van der Waals surface area contributed by atoms with Crippen LogP contribution in [0.4, 0.5) is 5.69 Å². The molecule has 0 radical (unpaired) electrons. The smallest absolute Gasteiger partial charge is 0.253 e. The molecule has 2 aliphatic heterocycles. The van der Waals surface area contributed by atoms with Crippen molar-refractivity contribution in [3.63, 3.8) is 0 Å². The number of rotatable bonds is 4. The van der Waals surface area contributed by atoms with Crippen LogP contribution in [0.1, 0.15) is 23.2 Å². The first-order chi connectivity index (χ1) is 13.3. The van der Waals surface area contributed by atoms with Crippen molar-refractivity contribution in [2.45, 2.75) is 18.9 Å². The second kappa shape index (κ2) is 8.35. The summed E-state index contributed by atoms with van der Waals surface area (Å²) in [6.07, 6.45) is 6.61. The Balaban J connectivity index is 1.38. The van der Waals surface area contributed by atoms with Crippen LogP contribution >= 0.6 is 0 Å². The lowest BCUT2D eigenvalue weighted by molar-refractivity contribution is 0.0527. The molecule has 27 heavy (non-hydrogen) atoms. The molecule has 2 fully saturated rings. The van der Waals surface area contributed by atoms with Crippen LogP contribution < -0.4 is 9.64 Å². The summed E-state index contributed by atoms with van der Waals surface area (Å²) in [7, 11) is 0. The summed E-state index contributed by atoms with van der Waals surface area (Å²) in [5, 5.41) is 0. The van der Waals surface area contributed by atoms with E-state index in [1.165, 1.54) is 0 Å². The Hall–Kier alpha value is -2.67. The van der Waals surface area contributed by atoms with Gasteiger partial charge < -0.3 is 19.3 Å². The average molecular weight is 368 g/mol. The van der Waals surface area contributed by atoms with Crippen LogP contribution in [0.3, 0.4) is 0 Å². The Bertz CT molecular complexity index is 748. The maximum Gasteiger partial charge on any atom is 0.253 e. The zero-order valence-electron chi connectivity index (χ0n) is 15.3. The lowest BCUT2D eigenvalue weighted by atomic mass is 10.1. The number of hydrogen-bond donors (Lipinski definition) is 0. The van der Waals surface area contributed by atoms with E-state index in [0.29, 0.717) is 18.0 Å². The van der Waals surface area contributed by atoms with Crippen LogP contribution in [0.15, 0.2) is 42.9 Å². The molecular formula is C20H24N4O3. The molecule has 2 aliphatic rings. The minimum absolute atomic E-state index is 0.0491. The van der Waals surface area contributed by atoms with Gasteiger partial charge in [-0.25, -0.2) is 4.98 Å². The molecule has 7 heteroatoms. The number of hydrogen-bond acceptors (Lipinski definition) is 6. The van der Waals surface area contributed by atoms with E-state index in [9.17, 15) is 4.79 Å². The third kappa shape index (κ3) is 4.36. The fourth-order valence-electron chi connectivity index (χ4n) is 3.55. The van der Waals surface area contributed by atoms with Gasteiger partial charge in [0.2, 0.25) is 5.88 Å². The monoisotopic (exact) mass is 368 g/mol. The van der Waals surface area contributed by atoms with Crippen LogP contribution in [-0.4, -0.2) is 66.3 Å². The Morgan fingerprint density at radius 2 is 1.93 bits per heavy atom. The number of anilines is 1. The molecule has 142 valence electrons. The predicted molar refractivity (Wildman–Crippen MR) is 101 cm³/mol. The van der Waals surface area contributed by atoms with Gasteiger partial charge in [0.15, 0.2) is 0 Å². The Kier molecular flexibility index (Phi) is 5.48. The van der Waals surface area contributed by atoms with E-state index in [0.717, 1.165) is 51.4 Å². The Morgan fingerprint density at radius 1 is 1.11 bits per heavy atom. The molecular weight excluding hydrogens is 344 g/mol. The molecule has 2 aromatic rings. The normalized spacial score (nSPS) is 20.4. The van der Waals surface area contributed by atoms with E-state index in [2.05, 4.69) is 14.9 Å². The number of amides is 1. The van der Waals surface area contributed by atoms with Gasteiger partial charge in [-0.05, 0) is 37.1 Å². The van der Waals surface area contributed by atoms with Crippen LogP contribution in [0.2, 0.25) is 0 Å². The summed E-state index contributed by atoms with van der Waals surface area (Å²) in [6, 6.07) is 7.88. The van der Waals surface area contributed by atoms with Crippen molar-refractivity contribution in [1.82, 2.24) is 14.9 Å². The first-order valence-electron chi connectivity index (χ1n) is 9.44. The maximum absolute atomic E-state index is 12.9. The lowest BCUT2D eigenvalue weighted by Gasteiger charge is -2.33. The third-order valence-electron chi connectivity index (χ3n) is 4.98. The molecule has 7 nitrogen and oxygen atoms in total. The molecule has 0 saturated carbocycles. The highest BCUT2D eigenvalue weighted by Gasteiger charge is 2.26. The van der Waals surface area contributed by atoms with Crippen molar-refractivity contribution in [2.75, 3.05) is 44.3 Å². The van der Waals surface area contributed by atoms with Gasteiger partial charge in [-0.2, -0.15) is 0 Å². The first-order valence-corrected chi connectivity index (χ1v) is 9.44. The lowest BCUT2D eigenvalue weighted by Crippen LogP contribution is -2.44. The van der Waals surface area contributed by atoms with Gasteiger partial charge in [-0.1, -0.05) is 0 Å². The van der Waals surface area contributed by atoms with E-state index in [1.807, 2.05) is 29.2 Å². The van der Waals surface area contributed by atoms with Gasteiger partial charge in [0, 0.05) is 43.3 Å². The SMILES string of the molecule is O=C(c1ccc(N2CCOCC2)cc1)N1CCCC(Oc2cnccn2)C1. The highest BCUT2D eigenvalue weighted by atomic mass is 16.5. The quantitative estimate of drug-likeness (QED) is 0.822. The van der Waals surface area contributed by atoms with Gasteiger partial charge in [0.25, 0.3) is 5.91 Å². The fourth-order valence-corrected chi connectivity index (χ4v) is 3.55. The molecule has 4 rings (SSSR count). The molecule has 1 aromatic heterocycles. The van der Waals surface area contributed by atoms with Crippen molar-refractivity contribution in [1.29, 1.82) is 0 Å². The molecule has 0 spiro atoms. The van der Waals surface area contributed by atoms with Gasteiger partial charge in [-0.3, -0.25) is 9.78 Å². The molecule has 1 unspecified atom stereocenters. The second-order valence-corrected chi connectivity index (χ2v) is 6.82. The molecule has 1 aromatic carbocycles. The van der Waals surface area contributed by atoms with E-state index < -0.39 is 0 Å². The van der Waals surface area contributed by atoms with Crippen molar-refractivity contribution in [3.8, 4) is 5.88 Å². The maximum atomic E-state index is 12.9. The molecule has 1 amide bonds. The zero-order chi connectivity index (χ0) is 18.5. The topological polar surface area (TPSA) is 67.8 Å². The summed E-state index contributed by atoms with van der Waals surface area (Å²) in [4.78, 5) is 25.2. The van der Waals surface area contributed by atoms with Crippen LogP contribution in [0, 0.1) is 0 Å². The van der Waals surface area contributed by atoms with Crippen molar-refractivity contribution < 1.29 is 14.3 Å². The fraction of sp³-hybridized carbons (Fsp3) is 0.450. The van der Waals surface area contributed by atoms with E-state index >= 15 is 0 Å². The van der Waals surface area contributed by atoms with Crippen molar-refractivity contribution in [3.05, 3.63) is 48.4 Å². The highest BCUT2D eigenvalue weighted by Crippen LogP contribution is 2.20. The number of nitrogens with zero attached hydrogens (tertiary/aromatic N) is 4. The zero-order valence-corrected chi connectivity index (χ0v) is 15.3. The molecule has 0 bridgehead atoms. The Labute approximate surface area is 158 Å². The van der Waals surface area contributed by atoms with Gasteiger partial charge in [-0.15, -0.1) is 0 Å². The molecule has 3 heterocycles. The summed E-state index contributed by atoms with van der Waals surface area (Å²) < 4.78 is 11.3.